The maximum Gasteiger partial charge on any atom is 0.255 e. The topological polar surface area (TPSA) is 44.4 Å². The molecule has 2 N–H and O–H groups in total. The van der Waals surface area contributed by atoms with Crippen molar-refractivity contribution >= 4 is 23.2 Å². The molecule has 2 aliphatic rings. The first-order valence-electron chi connectivity index (χ1n) is 8.71. The van der Waals surface area contributed by atoms with Crippen molar-refractivity contribution in [3.05, 3.63) is 64.2 Å². The third kappa shape index (κ3) is 3.37. The van der Waals surface area contributed by atoms with Crippen LogP contribution in [0, 0.1) is 6.92 Å². The molecule has 0 atom stereocenters. The van der Waals surface area contributed by atoms with Crippen molar-refractivity contribution in [3.63, 3.8) is 0 Å². The van der Waals surface area contributed by atoms with Gasteiger partial charge in [0.2, 0.25) is 0 Å². The highest BCUT2D eigenvalue weighted by molar-refractivity contribution is 6.31. The monoisotopic (exact) mass is 355 g/mol. The van der Waals surface area contributed by atoms with Crippen LogP contribution >= 0.6 is 11.6 Å². The average molecular weight is 356 g/mol. The predicted molar refractivity (Wildman–Crippen MR) is 101 cm³/mol. The molecule has 1 fully saturated rings. The second kappa shape index (κ2) is 6.36. The Morgan fingerprint density at radius 3 is 2.52 bits per heavy atom. The Morgan fingerprint density at radius 1 is 1.08 bits per heavy atom. The lowest BCUT2D eigenvalue weighted by Crippen LogP contribution is -2.62. The Balaban J connectivity index is 1.44. The molecule has 4 nitrogen and oxygen atoms in total. The molecule has 25 heavy (non-hydrogen) atoms. The number of nitrogens with zero attached hydrogens (tertiary/aromatic N) is 1. The number of rotatable bonds is 2. The van der Waals surface area contributed by atoms with Gasteiger partial charge in [-0.25, -0.2) is 0 Å². The fourth-order valence-corrected chi connectivity index (χ4v) is 3.86. The number of amides is 1. The number of carbonyl (C=O) groups is 1. The van der Waals surface area contributed by atoms with Crippen molar-refractivity contribution in [1.82, 2.24) is 10.2 Å². The highest BCUT2D eigenvalue weighted by atomic mass is 35.5. The van der Waals surface area contributed by atoms with Gasteiger partial charge in [-0.2, -0.15) is 0 Å². The van der Waals surface area contributed by atoms with Gasteiger partial charge in [0.25, 0.3) is 5.91 Å². The van der Waals surface area contributed by atoms with Gasteiger partial charge in [-0.05, 0) is 30.7 Å². The lowest BCUT2D eigenvalue weighted by atomic mass is 9.92. The molecule has 0 saturated carbocycles. The number of piperidine rings is 1. The van der Waals surface area contributed by atoms with E-state index < -0.39 is 0 Å². The first kappa shape index (κ1) is 16.4. The van der Waals surface area contributed by atoms with Crippen molar-refractivity contribution in [1.29, 1.82) is 0 Å². The summed E-state index contributed by atoms with van der Waals surface area (Å²) in [5, 5.41) is 7.36. The van der Waals surface area contributed by atoms with Gasteiger partial charge >= 0.3 is 0 Å². The molecule has 0 radical (unpaired) electrons. The van der Waals surface area contributed by atoms with Gasteiger partial charge < -0.3 is 10.6 Å². The van der Waals surface area contributed by atoms with Crippen LogP contribution in [0.2, 0.25) is 5.02 Å². The molecule has 2 aromatic carbocycles. The zero-order valence-electron chi connectivity index (χ0n) is 14.3. The summed E-state index contributed by atoms with van der Waals surface area (Å²) in [5.41, 5.74) is 3.76. The zero-order valence-corrected chi connectivity index (χ0v) is 15.1. The number of hydrogen-bond donors (Lipinski definition) is 2. The van der Waals surface area contributed by atoms with Gasteiger partial charge in [0.15, 0.2) is 0 Å². The molecule has 0 unspecified atom stereocenters. The fourth-order valence-electron chi connectivity index (χ4n) is 3.69. The molecule has 0 aliphatic carbocycles. The lowest BCUT2D eigenvalue weighted by Gasteiger charge is -2.46. The molecule has 1 saturated heterocycles. The van der Waals surface area contributed by atoms with Crippen molar-refractivity contribution in [3.8, 4) is 0 Å². The molecule has 2 aliphatic heterocycles. The summed E-state index contributed by atoms with van der Waals surface area (Å²) in [4.78, 5) is 14.9. The largest absolute Gasteiger partial charge is 0.362 e. The van der Waals surface area contributed by atoms with Crippen molar-refractivity contribution in [2.75, 3.05) is 18.4 Å². The third-order valence-electron chi connectivity index (χ3n) is 5.19. The summed E-state index contributed by atoms with van der Waals surface area (Å²) in [6.45, 7) is 4.94. The quantitative estimate of drug-likeness (QED) is 0.861. The Morgan fingerprint density at radius 2 is 1.80 bits per heavy atom. The Hall–Kier alpha value is -2.04. The van der Waals surface area contributed by atoms with Crippen LogP contribution in [0.4, 0.5) is 5.69 Å². The Bertz CT molecular complexity index is 795. The van der Waals surface area contributed by atoms with E-state index in [4.69, 9.17) is 11.6 Å². The molecule has 2 aromatic rings. The van der Waals surface area contributed by atoms with E-state index >= 15 is 0 Å². The molecular weight excluding hydrogens is 334 g/mol. The van der Waals surface area contributed by atoms with E-state index in [2.05, 4.69) is 46.7 Å². The Labute approximate surface area is 153 Å². The third-order valence-corrected chi connectivity index (χ3v) is 5.42. The summed E-state index contributed by atoms with van der Waals surface area (Å²) in [6.07, 6.45) is 1.74. The maximum absolute atomic E-state index is 12.5. The minimum absolute atomic E-state index is 0.0163. The van der Waals surface area contributed by atoms with Crippen LogP contribution in [-0.2, 0) is 6.54 Å². The van der Waals surface area contributed by atoms with Crippen molar-refractivity contribution in [2.45, 2.75) is 32.0 Å². The second-order valence-corrected chi connectivity index (χ2v) is 7.55. The second-order valence-electron chi connectivity index (χ2n) is 7.11. The molecular formula is C20H22ClN3O. The number of benzene rings is 2. The first-order valence-corrected chi connectivity index (χ1v) is 9.09. The number of likely N-dealkylation sites (tertiary alicyclic amines) is 1. The van der Waals surface area contributed by atoms with Crippen LogP contribution in [0.15, 0.2) is 42.5 Å². The minimum atomic E-state index is -0.363. The molecule has 2 heterocycles. The fraction of sp³-hybridized carbons (Fsp3) is 0.350. The van der Waals surface area contributed by atoms with Crippen molar-refractivity contribution < 1.29 is 4.79 Å². The van der Waals surface area contributed by atoms with E-state index in [1.165, 1.54) is 11.1 Å². The van der Waals surface area contributed by atoms with E-state index in [9.17, 15) is 4.79 Å². The number of fused-ring (bicyclic) bond motifs is 1. The van der Waals surface area contributed by atoms with Gasteiger partial charge in [0.1, 0.15) is 5.66 Å². The van der Waals surface area contributed by atoms with Crippen LogP contribution in [-0.4, -0.2) is 29.6 Å². The number of aryl methyl sites for hydroxylation is 1. The highest BCUT2D eigenvalue weighted by Gasteiger charge is 2.40. The highest BCUT2D eigenvalue weighted by Crippen LogP contribution is 2.33. The van der Waals surface area contributed by atoms with Crippen LogP contribution in [0.3, 0.4) is 0 Å². The van der Waals surface area contributed by atoms with E-state index in [0.717, 1.165) is 38.2 Å². The zero-order chi connectivity index (χ0) is 17.4. The van der Waals surface area contributed by atoms with Crippen LogP contribution < -0.4 is 10.6 Å². The van der Waals surface area contributed by atoms with Gasteiger partial charge in [0, 0.05) is 37.5 Å². The van der Waals surface area contributed by atoms with Gasteiger partial charge in [-0.1, -0.05) is 41.4 Å². The summed E-state index contributed by atoms with van der Waals surface area (Å²) < 4.78 is 0. The molecule has 0 aromatic heterocycles. The number of hydrogen-bond acceptors (Lipinski definition) is 3. The van der Waals surface area contributed by atoms with E-state index in [-0.39, 0.29) is 11.6 Å². The standard InChI is InChI=1S/C20H22ClN3O/c1-14-2-4-15(5-3-14)13-24-10-8-20(9-11-24)22-18-12-16(21)6-7-17(18)19(25)23-20/h2-7,12,22H,8-11,13H2,1H3,(H,23,25). The van der Waals surface area contributed by atoms with Gasteiger partial charge in [0.05, 0.1) is 11.3 Å². The molecule has 0 bridgehead atoms. The molecule has 130 valence electrons. The van der Waals surface area contributed by atoms with Gasteiger partial charge in [-0.3, -0.25) is 9.69 Å². The number of halogens is 1. The maximum atomic E-state index is 12.5. The normalized spacial score (nSPS) is 19.2. The molecule has 5 heteroatoms. The smallest absolute Gasteiger partial charge is 0.255 e. The van der Waals surface area contributed by atoms with Crippen LogP contribution in [0.25, 0.3) is 0 Å². The summed E-state index contributed by atoms with van der Waals surface area (Å²) in [5.74, 6) is -0.0163. The Kier molecular flexibility index (Phi) is 4.18. The summed E-state index contributed by atoms with van der Waals surface area (Å²) in [6, 6.07) is 14.1. The lowest BCUT2D eigenvalue weighted by molar-refractivity contribution is 0.0822. The van der Waals surface area contributed by atoms with E-state index in [1.807, 2.05) is 6.07 Å². The average Bonchev–Trinajstić information content (AvgIpc) is 2.59. The summed E-state index contributed by atoms with van der Waals surface area (Å²) >= 11 is 6.10. The van der Waals surface area contributed by atoms with Crippen LogP contribution in [0.5, 0.6) is 0 Å². The van der Waals surface area contributed by atoms with Gasteiger partial charge in [-0.15, -0.1) is 0 Å². The SMILES string of the molecule is Cc1ccc(CN2CCC3(CC2)NC(=O)c2ccc(Cl)cc2N3)cc1. The molecule has 1 amide bonds. The van der Waals surface area contributed by atoms with Crippen molar-refractivity contribution in [2.24, 2.45) is 0 Å². The summed E-state index contributed by atoms with van der Waals surface area (Å²) in [7, 11) is 0. The molecule has 4 rings (SSSR count). The van der Waals surface area contributed by atoms with E-state index in [0.29, 0.717) is 10.6 Å². The van der Waals surface area contributed by atoms with E-state index in [1.54, 1.807) is 12.1 Å². The predicted octanol–water partition coefficient (Wildman–Crippen LogP) is 3.80. The number of nitrogens with one attached hydrogen (secondary N) is 2. The van der Waals surface area contributed by atoms with Crippen LogP contribution in [0.1, 0.15) is 34.3 Å². The first-order chi connectivity index (χ1) is 12.0. The minimum Gasteiger partial charge on any atom is -0.362 e. The number of anilines is 1. The number of carbonyl (C=O) groups excluding carboxylic acids is 1. The molecule has 1 spiro atoms.